The van der Waals surface area contributed by atoms with Crippen LogP contribution in [0.3, 0.4) is 0 Å². The van der Waals surface area contributed by atoms with Crippen LogP contribution in [-0.4, -0.2) is 51.8 Å². The highest BCUT2D eigenvalue weighted by atomic mass is 16.2. The van der Waals surface area contributed by atoms with Gasteiger partial charge in [-0.1, -0.05) is 60.7 Å². The number of nitrogens with zero attached hydrogens (tertiary/aromatic N) is 3. The van der Waals surface area contributed by atoms with Gasteiger partial charge in [-0.25, -0.2) is 0 Å². The summed E-state index contributed by atoms with van der Waals surface area (Å²) >= 11 is 0. The molecule has 6 heteroatoms. The number of pyridine rings is 1. The summed E-state index contributed by atoms with van der Waals surface area (Å²) in [5.74, 6) is -0.205. The molecule has 0 saturated carbocycles. The largest absolute Gasteiger partial charge is 0.335 e. The van der Waals surface area contributed by atoms with Crippen molar-refractivity contribution in [1.82, 2.24) is 14.8 Å². The van der Waals surface area contributed by atoms with E-state index in [-0.39, 0.29) is 17.9 Å². The van der Waals surface area contributed by atoms with Gasteiger partial charge in [0.05, 0.1) is 23.5 Å². The number of carbonyl (C=O) groups is 2. The zero-order chi connectivity index (χ0) is 22.8. The second-order valence-corrected chi connectivity index (χ2v) is 8.91. The van der Waals surface area contributed by atoms with E-state index < -0.39 is 0 Å². The summed E-state index contributed by atoms with van der Waals surface area (Å²) < 4.78 is 0. The normalized spacial score (nSPS) is 20.1. The van der Waals surface area contributed by atoms with Gasteiger partial charge in [-0.15, -0.1) is 0 Å². The lowest BCUT2D eigenvalue weighted by Crippen LogP contribution is -2.56. The molecule has 2 fully saturated rings. The second-order valence-electron chi connectivity index (χ2n) is 8.91. The van der Waals surface area contributed by atoms with E-state index in [2.05, 4.69) is 75.9 Å². The first-order valence-corrected chi connectivity index (χ1v) is 11.5. The van der Waals surface area contributed by atoms with E-state index >= 15 is 0 Å². The Hall–Kier alpha value is -3.51. The van der Waals surface area contributed by atoms with Crippen LogP contribution in [-0.2, 0) is 4.79 Å². The second kappa shape index (κ2) is 9.16. The lowest BCUT2D eigenvalue weighted by Gasteiger charge is -2.45. The number of aromatic nitrogens is 1. The van der Waals surface area contributed by atoms with Crippen molar-refractivity contribution in [3.8, 4) is 0 Å². The molecular formula is C27H28N4O2. The van der Waals surface area contributed by atoms with Gasteiger partial charge in [0.2, 0.25) is 5.91 Å². The number of hydrogen-bond acceptors (Lipinski definition) is 4. The van der Waals surface area contributed by atoms with Crippen LogP contribution in [0, 0.1) is 0 Å². The van der Waals surface area contributed by atoms with Crippen LogP contribution in [0.15, 0.2) is 79.1 Å². The zero-order valence-electron chi connectivity index (χ0n) is 18.7. The summed E-state index contributed by atoms with van der Waals surface area (Å²) in [6.45, 7) is 2.83. The quantitative estimate of drug-likeness (QED) is 0.648. The Morgan fingerprint density at radius 2 is 1.48 bits per heavy atom. The Bertz CT molecular complexity index is 1080. The van der Waals surface area contributed by atoms with Gasteiger partial charge >= 0.3 is 0 Å². The average Bonchev–Trinajstić information content (AvgIpc) is 3.08. The Kier molecular flexibility index (Phi) is 5.92. The first-order chi connectivity index (χ1) is 16.1. The number of rotatable bonds is 5. The van der Waals surface area contributed by atoms with Crippen LogP contribution in [0.2, 0.25) is 0 Å². The summed E-state index contributed by atoms with van der Waals surface area (Å²) in [5, 5.41) is 2.71. The Labute approximate surface area is 194 Å². The molecule has 2 bridgehead atoms. The van der Waals surface area contributed by atoms with Crippen molar-refractivity contribution in [2.75, 3.05) is 18.4 Å². The van der Waals surface area contributed by atoms with Crippen molar-refractivity contribution in [3.05, 3.63) is 95.8 Å². The number of hydrogen-bond donors (Lipinski definition) is 1. The minimum Gasteiger partial charge on any atom is -0.335 e. The summed E-state index contributed by atoms with van der Waals surface area (Å²) in [6, 6.07) is 23.8. The molecule has 168 valence electrons. The predicted octanol–water partition coefficient (Wildman–Crippen LogP) is 4.12. The number of amides is 2. The Balaban J connectivity index is 1.40. The number of likely N-dealkylation sites (tertiary alicyclic amines) is 1. The van der Waals surface area contributed by atoms with Crippen molar-refractivity contribution in [1.29, 1.82) is 0 Å². The molecule has 1 aromatic heterocycles. The molecule has 0 aliphatic carbocycles. The van der Waals surface area contributed by atoms with Crippen LogP contribution < -0.4 is 5.32 Å². The van der Waals surface area contributed by atoms with E-state index in [0.29, 0.717) is 36.4 Å². The number of nitrogens with one attached hydrogen (secondary N) is 1. The fourth-order valence-electron chi connectivity index (χ4n) is 5.34. The van der Waals surface area contributed by atoms with E-state index in [0.717, 1.165) is 12.8 Å². The molecule has 2 amide bonds. The third-order valence-corrected chi connectivity index (χ3v) is 6.66. The molecule has 1 N–H and O–H groups in total. The molecule has 6 nitrogen and oxygen atoms in total. The molecule has 2 aliphatic heterocycles. The number of benzene rings is 2. The maximum Gasteiger partial charge on any atom is 0.255 e. The minimum atomic E-state index is -0.180. The lowest BCUT2D eigenvalue weighted by molar-refractivity contribution is -0.114. The monoisotopic (exact) mass is 440 g/mol. The smallest absolute Gasteiger partial charge is 0.255 e. The molecule has 5 rings (SSSR count). The molecule has 2 atom stereocenters. The highest BCUT2D eigenvalue weighted by molar-refractivity contribution is 5.96. The molecule has 3 aromatic rings. The van der Waals surface area contributed by atoms with Gasteiger partial charge in [0.1, 0.15) is 0 Å². The molecule has 2 unspecified atom stereocenters. The maximum absolute atomic E-state index is 13.3. The van der Waals surface area contributed by atoms with E-state index in [4.69, 9.17) is 0 Å². The number of fused-ring (bicyclic) bond motifs is 2. The standard InChI is InChI=1S/C27H28N4O2/c1-19(32)29-23-14-22(15-28-16-23)27(33)30-17-24-12-13-25(18-30)31(24)26(20-8-4-2-5-9-20)21-10-6-3-7-11-21/h2-11,14-16,24-26H,12-13,17-18H2,1H3,(H,29,32). The van der Waals surface area contributed by atoms with Crippen molar-refractivity contribution >= 4 is 17.5 Å². The third kappa shape index (κ3) is 4.39. The van der Waals surface area contributed by atoms with Gasteiger partial charge in [0.15, 0.2) is 0 Å². The molecule has 33 heavy (non-hydrogen) atoms. The fraction of sp³-hybridized carbons (Fsp3) is 0.296. The van der Waals surface area contributed by atoms with Gasteiger partial charge in [-0.3, -0.25) is 19.5 Å². The molecule has 0 radical (unpaired) electrons. The average molecular weight is 441 g/mol. The van der Waals surface area contributed by atoms with Crippen molar-refractivity contribution < 1.29 is 9.59 Å². The van der Waals surface area contributed by atoms with E-state index in [9.17, 15) is 9.59 Å². The number of piperazine rings is 1. The van der Waals surface area contributed by atoms with Crippen molar-refractivity contribution in [3.63, 3.8) is 0 Å². The Morgan fingerprint density at radius 3 is 2.03 bits per heavy atom. The van der Waals surface area contributed by atoms with Crippen LogP contribution in [0.4, 0.5) is 5.69 Å². The lowest BCUT2D eigenvalue weighted by atomic mass is 9.94. The molecule has 2 saturated heterocycles. The van der Waals surface area contributed by atoms with Gasteiger partial charge in [0, 0.05) is 38.3 Å². The van der Waals surface area contributed by atoms with Gasteiger partial charge in [0.25, 0.3) is 5.91 Å². The number of carbonyl (C=O) groups excluding carboxylic acids is 2. The highest BCUT2D eigenvalue weighted by Crippen LogP contribution is 2.41. The van der Waals surface area contributed by atoms with Crippen LogP contribution in [0.1, 0.15) is 47.3 Å². The predicted molar refractivity (Wildman–Crippen MR) is 128 cm³/mol. The summed E-state index contributed by atoms with van der Waals surface area (Å²) in [5.41, 5.74) is 3.63. The summed E-state index contributed by atoms with van der Waals surface area (Å²) in [4.78, 5) is 33.5. The summed E-state index contributed by atoms with van der Waals surface area (Å²) in [6.07, 6.45) is 5.30. The van der Waals surface area contributed by atoms with Crippen LogP contribution in [0.25, 0.3) is 0 Å². The van der Waals surface area contributed by atoms with E-state index in [1.54, 1.807) is 18.5 Å². The molecule has 3 heterocycles. The Morgan fingerprint density at radius 1 is 0.909 bits per heavy atom. The van der Waals surface area contributed by atoms with Crippen LogP contribution in [0.5, 0.6) is 0 Å². The topological polar surface area (TPSA) is 65.5 Å². The van der Waals surface area contributed by atoms with Gasteiger partial charge in [-0.2, -0.15) is 0 Å². The molecule has 0 spiro atoms. The highest BCUT2D eigenvalue weighted by Gasteiger charge is 2.45. The molecule has 2 aliphatic rings. The third-order valence-electron chi connectivity index (χ3n) is 6.66. The summed E-state index contributed by atoms with van der Waals surface area (Å²) in [7, 11) is 0. The fourth-order valence-corrected chi connectivity index (χ4v) is 5.34. The SMILES string of the molecule is CC(=O)Nc1cncc(C(=O)N2CC3CCC(C2)N3C(c2ccccc2)c2ccccc2)c1. The van der Waals surface area contributed by atoms with Crippen LogP contribution >= 0.6 is 0 Å². The van der Waals surface area contributed by atoms with Crippen molar-refractivity contribution in [2.45, 2.75) is 37.9 Å². The number of anilines is 1. The first kappa shape index (κ1) is 21.3. The van der Waals surface area contributed by atoms with E-state index in [1.807, 2.05) is 4.90 Å². The zero-order valence-corrected chi connectivity index (χ0v) is 18.7. The van der Waals surface area contributed by atoms with E-state index in [1.165, 1.54) is 18.1 Å². The minimum absolute atomic E-state index is 0.0257. The first-order valence-electron chi connectivity index (χ1n) is 11.5. The molecule has 2 aromatic carbocycles. The van der Waals surface area contributed by atoms with Gasteiger partial charge < -0.3 is 10.2 Å². The van der Waals surface area contributed by atoms with Gasteiger partial charge in [-0.05, 0) is 30.0 Å². The molecular weight excluding hydrogens is 412 g/mol. The maximum atomic E-state index is 13.3. The van der Waals surface area contributed by atoms with Crippen molar-refractivity contribution in [2.24, 2.45) is 0 Å².